The largest absolute Gasteiger partial charge is 0.497 e. The van der Waals surface area contributed by atoms with Crippen molar-refractivity contribution >= 4 is 32.5 Å². The SMILES string of the molecule is COc1ccc2ccnc(N3CCCC(Br)C3)c2c1. The predicted molar refractivity (Wildman–Crippen MR) is 82.5 cm³/mol. The second kappa shape index (κ2) is 5.37. The van der Waals surface area contributed by atoms with E-state index < -0.39 is 0 Å². The molecule has 2 aromatic rings. The molecule has 100 valence electrons. The van der Waals surface area contributed by atoms with Crippen molar-refractivity contribution in [3.63, 3.8) is 0 Å². The van der Waals surface area contributed by atoms with Gasteiger partial charge in [-0.3, -0.25) is 0 Å². The number of benzene rings is 1. The predicted octanol–water partition coefficient (Wildman–Crippen LogP) is 3.61. The summed E-state index contributed by atoms with van der Waals surface area (Å²) < 4.78 is 5.33. The normalized spacial score (nSPS) is 19.7. The van der Waals surface area contributed by atoms with Gasteiger partial charge in [0.1, 0.15) is 11.6 Å². The molecule has 1 saturated heterocycles. The average molecular weight is 321 g/mol. The number of hydrogen-bond donors (Lipinski definition) is 0. The Morgan fingerprint density at radius 2 is 2.26 bits per heavy atom. The van der Waals surface area contributed by atoms with Gasteiger partial charge in [0, 0.05) is 29.5 Å². The summed E-state index contributed by atoms with van der Waals surface area (Å²) >= 11 is 3.72. The van der Waals surface area contributed by atoms with Crippen molar-refractivity contribution in [1.29, 1.82) is 0 Å². The molecule has 1 aromatic carbocycles. The smallest absolute Gasteiger partial charge is 0.136 e. The Balaban J connectivity index is 2.06. The monoisotopic (exact) mass is 320 g/mol. The first-order valence-electron chi connectivity index (χ1n) is 6.59. The van der Waals surface area contributed by atoms with Gasteiger partial charge in [-0.2, -0.15) is 0 Å². The van der Waals surface area contributed by atoms with E-state index in [1.807, 2.05) is 18.3 Å². The van der Waals surface area contributed by atoms with E-state index in [-0.39, 0.29) is 0 Å². The van der Waals surface area contributed by atoms with E-state index in [9.17, 15) is 0 Å². The van der Waals surface area contributed by atoms with Crippen molar-refractivity contribution in [1.82, 2.24) is 4.98 Å². The molecule has 1 unspecified atom stereocenters. The van der Waals surface area contributed by atoms with Crippen LogP contribution in [-0.4, -0.2) is 30.0 Å². The molecule has 1 aliphatic heterocycles. The summed E-state index contributed by atoms with van der Waals surface area (Å²) in [7, 11) is 1.70. The highest BCUT2D eigenvalue weighted by Crippen LogP contribution is 2.30. The molecule has 19 heavy (non-hydrogen) atoms. The zero-order valence-corrected chi connectivity index (χ0v) is 12.6. The zero-order chi connectivity index (χ0) is 13.2. The number of rotatable bonds is 2. The van der Waals surface area contributed by atoms with Crippen LogP contribution >= 0.6 is 15.9 Å². The molecule has 4 heteroatoms. The summed E-state index contributed by atoms with van der Waals surface area (Å²) in [6, 6.07) is 8.22. The number of fused-ring (bicyclic) bond motifs is 1. The number of alkyl halides is 1. The molecule has 0 aliphatic carbocycles. The summed E-state index contributed by atoms with van der Waals surface area (Å²) in [4.78, 5) is 7.51. The first-order chi connectivity index (χ1) is 9.28. The van der Waals surface area contributed by atoms with Crippen LogP contribution in [0, 0.1) is 0 Å². The summed E-state index contributed by atoms with van der Waals surface area (Å²) in [5, 5.41) is 2.38. The van der Waals surface area contributed by atoms with Gasteiger partial charge in [0.2, 0.25) is 0 Å². The summed E-state index contributed by atoms with van der Waals surface area (Å²) in [5.41, 5.74) is 0. The maximum absolute atomic E-state index is 5.33. The van der Waals surface area contributed by atoms with Gasteiger partial charge in [-0.15, -0.1) is 0 Å². The van der Waals surface area contributed by atoms with Gasteiger partial charge in [0.15, 0.2) is 0 Å². The number of piperidine rings is 1. The fourth-order valence-electron chi connectivity index (χ4n) is 2.63. The molecule has 3 nitrogen and oxygen atoms in total. The van der Waals surface area contributed by atoms with Crippen LogP contribution in [0.4, 0.5) is 5.82 Å². The van der Waals surface area contributed by atoms with Crippen LogP contribution in [0.5, 0.6) is 5.75 Å². The van der Waals surface area contributed by atoms with Crippen LogP contribution in [-0.2, 0) is 0 Å². The van der Waals surface area contributed by atoms with Crippen molar-refractivity contribution < 1.29 is 4.74 Å². The molecule has 0 amide bonds. The van der Waals surface area contributed by atoms with E-state index in [1.165, 1.54) is 23.6 Å². The third-order valence-corrected chi connectivity index (χ3v) is 4.36. The lowest BCUT2D eigenvalue weighted by Crippen LogP contribution is -2.36. The molecule has 3 rings (SSSR count). The zero-order valence-electron chi connectivity index (χ0n) is 11.0. The number of nitrogens with zero attached hydrogens (tertiary/aromatic N) is 2. The standard InChI is InChI=1S/C15H17BrN2O/c1-19-13-5-4-11-6-7-17-15(14(11)9-13)18-8-2-3-12(16)10-18/h4-7,9,12H,2-3,8,10H2,1H3. The lowest BCUT2D eigenvalue weighted by Gasteiger charge is -2.31. The highest BCUT2D eigenvalue weighted by molar-refractivity contribution is 9.09. The van der Waals surface area contributed by atoms with Crippen LogP contribution in [0.25, 0.3) is 10.8 Å². The minimum atomic E-state index is 0.559. The van der Waals surface area contributed by atoms with Crippen molar-refractivity contribution in [3.8, 4) is 5.75 Å². The van der Waals surface area contributed by atoms with E-state index in [2.05, 4.69) is 37.9 Å². The molecule has 0 saturated carbocycles. The van der Waals surface area contributed by atoms with Crippen molar-refractivity contribution in [3.05, 3.63) is 30.5 Å². The minimum absolute atomic E-state index is 0.559. The Hall–Kier alpha value is -1.29. The Labute approximate surface area is 121 Å². The van der Waals surface area contributed by atoms with Crippen LogP contribution in [0.3, 0.4) is 0 Å². The molecule has 1 aliphatic rings. The topological polar surface area (TPSA) is 25.4 Å². The van der Waals surface area contributed by atoms with Gasteiger partial charge in [-0.05, 0) is 36.4 Å². The average Bonchev–Trinajstić information content (AvgIpc) is 2.46. The van der Waals surface area contributed by atoms with E-state index in [1.54, 1.807) is 7.11 Å². The van der Waals surface area contributed by atoms with E-state index in [4.69, 9.17) is 4.74 Å². The number of ether oxygens (including phenoxy) is 1. The van der Waals surface area contributed by atoms with Gasteiger partial charge in [-0.1, -0.05) is 22.0 Å². The van der Waals surface area contributed by atoms with Crippen molar-refractivity contribution in [2.24, 2.45) is 0 Å². The summed E-state index contributed by atoms with van der Waals surface area (Å²) in [6.07, 6.45) is 4.34. The molecule has 1 atom stereocenters. The quantitative estimate of drug-likeness (QED) is 0.790. The van der Waals surface area contributed by atoms with E-state index >= 15 is 0 Å². The Morgan fingerprint density at radius 3 is 3.05 bits per heavy atom. The van der Waals surface area contributed by atoms with Crippen LogP contribution < -0.4 is 9.64 Å². The van der Waals surface area contributed by atoms with Crippen LogP contribution in [0.15, 0.2) is 30.5 Å². The number of hydrogen-bond acceptors (Lipinski definition) is 3. The second-order valence-corrected chi connectivity index (χ2v) is 6.20. The fraction of sp³-hybridized carbons (Fsp3) is 0.400. The number of anilines is 1. The van der Waals surface area contributed by atoms with Gasteiger partial charge in [0.05, 0.1) is 7.11 Å². The molecular formula is C15H17BrN2O. The Morgan fingerprint density at radius 1 is 1.37 bits per heavy atom. The van der Waals surface area contributed by atoms with E-state index in [0.29, 0.717) is 4.83 Å². The van der Waals surface area contributed by atoms with Crippen LogP contribution in [0.1, 0.15) is 12.8 Å². The van der Waals surface area contributed by atoms with Crippen LogP contribution in [0.2, 0.25) is 0 Å². The molecule has 1 fully saturated rings. The maximum Gasteiger partial charge on any atom is 0.136 e. The number of aromatic nitrogens is 1. The lowest BCUT2D eigenvalue weighted by molar-refractivity contribution is 0.415. The molecular weight excluding hydrogens is 304 g/mol. The molecule has 0 spiro atoms. The summed E-state index contributed by atoms with van der Waals surface area (Å²) in [6.45, 7) is 2.09. The number of halogens is 1. The number of methoxy groups -OCH3 is 1. The van der Waals surface area contributed by atoms with Gasteiger partial charge >= 0.3 is 0 Å². The fourth-order valence-corrected chi connectivity index (χ4v) is 3.30. The highest BCUT2D eigenvalue weighted by Gasteiger charge is 2.20. The summed E-state index contributed by atoms with van der Waals surface area (Å²) in [5.74, 6) is 1.95. The first kappa shape index (κ1) is 12.7. The molecule has 2 heterocycles. The molecule has 0 N–H and O–H groups in total. The second-order valence-electron chi connectivity index (χ2n) is 4.91. The van der Waals surface area contributed by atoms with Gasteiger partial charge < -0.3 is 9.64 Å². The Bertz CT molecular complexity index is 587. The van der Waals surface area contributed by atoms with Gasteiger partial charge in [0.25, 0.3) is 0 Å². The van der Waals surface area contributed by atoms with Gasteiger partial charge in [-0.25, -0.2) is 4.98 Å². The Kier molecular flexibility index (Phi) is 3.60. The molecule has 0 radical (unpaired) electrons. The number of pyridine rings is 1. The third-order valence-electron chi connectivity index (χ3n) is 3.62. The first-order valence-corrected chi connectivity index (χ1v) is 7.51. The lowest BCUT2D eigenvalue weighted by atomic mass is 10.1. The maximum atomic E-state index is 5.33. The third kappa shape index (κ3) is 2.54. The van der Waals surface area contributed by atoms with E-state index in [0.717, 1.165) is 24.7 Å². The van der Waals surface area contributed by atoms with Crippen molar-refractivity contribution in [2.45, 2.75) is 17.7 Å². The highest BCUT2D eigenvalue weighted by atomic mass is 79.9. The molecule has 1 aromatic heterocycles. The molecule has 0 bridgehead atoms. The minimum Gasteiger partial charge on any atom is -0.497 e. The van der Waals surface area contributed by atoms with Crippen molar-refractivity contribution in [2.75, 3.05) is 25.1 Å².